The van der Waals surface area contributed by atoms with Gasteiger partial charge in [0.15, 0.2) is 0 Å². The number of ether oxygens (including phenoxy) is 1. The van der Waals surface area contributed by atoms with E-state index in [-0.39, 0.29) is 5.91 Å². The number of nitrogens with one attached hydrogen (secondary N) is 1. The molecule has 4 heteroatoms. The Bertz CT molecular complexity index is 377. The molecule has 88 valence electrons. The van der Waals surface area contributed by atoms with Gasteiger partial charge in [0.1, 0.15) is 5.75 Å². The van der Waals surface area contributed by atoms with Crippen LogP contribution in [0.15, 0.2) is 18.2 Å². The summed E-state index contributed by atoms with van der Waals surface area (Å²) >= 11 is 0. The molecule has 0 saturated heterocycles. The number of amides is 1. The second-order valence-corrected chi connectivity index (χ2v) is 3.71. The molecule has 0 spiro atoms. The smallest absolute Gasteiger partial charge is 0.241 e. The third kappa shape index (κ3) is 2.97. The number of nitrogens with two attached hydrogens (primary N) is 1. The van der Waals surface area contributed by atoms with Crippen molar-refractivity contribution in [3.8, 4) is 5.75 Å². The van der Waals surface area contributed by atoms with E-state index in [4.69, 9.17) is 10.5 Å². The molecular weight excluding hydrogens is 204 g/mol. The lowest BCUT2D eigenvalue weighted by atomic mass is 10.2. The first-order chi connectivity index (χ1) is 7.58. The molecule has 4 nitrogen and oxygen atoms in total. The molecule has 16 heavy (non-hydrogen) atoms. The lowest BCUT2D eigenvalue weighted by Gasteiger charge is -2.13. The molecule has 0 aliphatic heterocycles. The number of carbonyl (C=O) groups excluding carboxylic acids is 1. The van der Waals surface area contributed by atoms with Gasteiger partial charge in [-0.2, -0.15) is 0 Å². The van der Waals surface area contributed by atoms with Crippen LogP contribution in [0.4, 0.5) is 5.69 Å². The number of hydrogen-bond donors (Lipinski definition) is 2. The molecule has 1 aromatic carbocycles. The summed E-state index contributed by atoms with van der Waals surface area (Å²) in [7, 11) is 1.57. The van der Waals surface area contributed by atoms with Crippen LogP contribution in [0.5, 0.6) is 5.75 Å². The van der Waals surface area contributed by atoms with E-state index in [1.165, 1.54) is 0 Å². The highest BCUT2D eigenvalue weighted by Gasteiger charge is 2.13. The molecule has 0 aliphatic rings. The molecule has 1 aromatic rings. The van der Waals surface area contributed by atoms with Crippen molar-refractivity contribution in [3.05, 3.63) is 23.8 Å². The Kier molecular flexibility index (Phi) is 4.31. The molecular formula is C12H18N2O2. The van der Waals surface area contributed by atoms with Crippen molar-refractivity contribution in [1.29, 1.82) is 0 Å². The molecule has 1 atom stereocenters. The molecule has 0 aliphatic carbocycles. The standard InChI is InChI=1S/C12H18N2O2/c1-4-9(13)12(15)14-10-7-8(2)5-6-11(10)16-3/h5-7,9H,4,13H2,1-3H3,(H,14,15)/t9-/m1/s1. The Balaban J connectivity index is 2.87. The zero-order chi connectivity index (χ0) is 12.1. The fraction of sp³-hybridized carbons (Fsp3) is 0.417. The summed E-state index contributed by atoms with van der Waals surface area (Å²) in [6.07, 6.45) is 0.611. The number of hydrogen-bond acceptors (Lipinski definition) is 3. The zero-order valence-corrected chi connectivity index (χ0v) is 9.91. The van der Waals surface area contributed by atoms with Crippen LogP contribution in [0.3, 0.4) is 0 Å². The van der Waals surface area contributed by atoms with E-state index in [0.29, 0.717) is 17.9 Å². The van der Waals surface area contributed by atoms with Crippen molar-refractivity contribution in [2.24, 2.45) is 5.73 Å². The first-order valence-electron chi connectivity index (χ1n) is 5.29. The number of methoxy groups -OCH3 is 1. The summed E-state index contributed by atoms with van der Waals surface area (Å²) in [5.41, 5.74) is 7.36. The van der Waals surface area contributed by atoms with Crippen LogP contribution in [0, 0.1) is 6.92 Å². The zero-order valence-electron chi connectivity index (χ0n) is 9.91. The third-order valence-corrected chi connectivity index (χ3v) is 2.39. The maximum atomic E-state index is 11.6. The van der Waals surface area contributed by atoms with Crippen LogP contribution in [-0.4, -0.2) is 19.1 Å². The highest BCUT2D eigenvalue weighted by molar-refractivity contribution is 5.95. The van der Waals surface area contributed by atoms with E-state index < -0.39 is 6.04 Å². The van der Waals surface area contributed by atoms with Gasteiger partial charge in [0.05, 0.1) is 18.8 Å². The molecule has 0 fully saturated rings. The molecule has 1 amide bonds. The number of anilines is 1. The van der Waals surface area contributed by atoms with Crippen LogP contribution in [-0.2, 0) is 4.79 Å². The fourth-order valence-electron chi connectivity index (χ4n) is 1.33. The summed E-state index contributed by atoms with van der Waals surface area (Å²) < 4.78 is 5.16. The Morgan fingerprint density at radius 1 is 1.56 bits per heavy atom. The van der Waals surface area contributed by atoms with Crippen molar-refractivity contribution < 1.29 is 9.53 Å². The van der Waals surface area contributed by atoms with Crippen LogP contribution >= 0.6 is 0 Å². The van der Waals surface area contributed by atoms with Crippen molar-refractivity contribution in [2.45, 2.75) is 26.3 Å². The van der Waals surface area contributed by atoms with Gasteiger partial charge in [-0.3, -0.25) is 4.79 Å². The lowest BCUT2D eigenvalue weighted by Crippen LogP contribution is -2.34. The van der Waals surface area contributed by atoms with Gasteiger partial charge in [-0.1, -0.05) is 13.0 Å². The van der Waals surface area contributed by atoms with Crippen molar-refractivity contribution in [3.63, 3.8) is 0 Å². The highest BCUT2D eigenvalue weighted by atomic mass is 16.5. The van der Waals surface area contributed by atoms with E-state index >= 15 is 0 Å². The minimum atomic E-state index is -0.481. The van der Waals surface area contributed by atoms with Gasteiger partial charge in [0, 0.05) is 0 Å². The van der Waals surface area contributed by atoms with Crippen LogP contribution in [0.1, 0.15) is 18.9 Å². The van der Waals surface area contributed by atoms with Gasteiger partial charge < -0.3 is 15.8 Å². The minimum absolute atomic E-state index is 0.189. The number of benzene rings is 1. The van der Waals surface area contributed by atoms with Gasteiger partial charge in [-0.05, 0) is 31.0 Å². The molecule has 3 N–H and O–H groups in total. The monoisotopic (exact) mass is 222 g/mol. The molecule has 0 radical (unpaired) electrons. The average Bonchev–Trinajstić information content (AvgIpc) is 2.28. The largest absolute Gasteiger partial charge is 0.495 e. The van der Waals surface area contributed by atoms with Crippen LogP contribution < -0.4 is 15.8 Å². The Morgan fingerprint density at radius 3 is 2.81 bits per heavy atom. The normalized spacial score (nSPS) is 12.0. The minimum Gasteiger partial charge on any atom is -0.495 e. The molecule has 0 unspecified atom stereocenters. The number of aryl methyl sites for hydroxylation is 1. The van der Waals surface area contributed by atoms with Gasteiger partial charge in [0.2, 0.25) is 5.91 Å². The fourth-order valence-corrected chi connectivity index (χ4v) is 1.33. The maximum absolute atomic E-state index is 11.6. The topological polar surface area (TPSA) is 64.4 Å². The van der Waals surface area contributed by atoms with Gasteiger partial charge >= 0.3 is 0 Å². The quantitative estimate of drug-likeness (QED) is 0.814. The van der Waals surface area contributed by atoms with Crippen molar-refractivity contribution in [1.82, 2.24) is 0 Å². The summed E-state index contributed by atoms with van der Waals surface area (Å²) in [4.78, 5) is 11.6. The molecule has 0 heterocycles. The predicted octanol–water partition coefficient (Wildman–Crippen LogP) is 1.68. The molecule has 0 aromatic heterocycles. The van der Waals surface area contributed by atoms with Gasteiger partial charge in [-0.25, -0.2) is 0 Å². The number of rotatable bonds is 4. The Labute approximate surface area is 95.8 Å². The second kappa shape index (κ2) is 5.51. The van der Waals surface area contributed by atoms with Gasteiger partial charge in [-0.15, -0.1) is 0 Å². The third-order valence-electron chi connectivity index (χ3n) is 2.39. The lowest BCUT2D eigenvalue weighted by molar-refractivity contribution is -0.117. The van der Waals surface area contributed by atoms with E-state index in [1.54, 1.807) is 7.11 Å². The van der Waals surface area contributed by atoms with Crippen LogP contribution in [0.25, 0.3) is 0 Å². The maximum Gasteiger partial charge on any atom is 0.241 e. The molecule has 0 saturated carbocycles. The number of carbonyl (C=O) groups is 1. The first kappa shape index (κ1) is 12.5. The summed E-state index contributed by atoms with van der Waals surface area (Å²) in [6.45, 7) is 3.83. The van der Waals surface area contributed by atoms with E-state index in [2.05, 4.69) is 5.32 Å². The molecule has 0 bridgehead atoms. The van der Waals surface area contributed by atoms with E-state index in [0.717, 1.165) is 5.56 Å². The van der Waals surface area contributed by atoms with E-state index in [1.807, 2.05) is 32.0 Å². The van der Waals surface area contributed by atoms with Crippen molar-refractivity contribution in [2.75, 3.05) is 12.4 Å². The van der Waals surface area contributed by atoms with Crippen LogP contribution in [0.2, 0.25) is 0 Å². The summed E-state index contributed by atoms with van der Waals surface area (Å²) in [5.74, 6) is 0.452. The predicted molar refractivity (Wildman–Crippen MR) is 64.6 cm³/mol. The average molecular weight is 222 g/mol. The molecule has 1 rings (SSSR count). The second-order valence-electron chi connectivity index (χ2n) is 3.71. The highest BCUT2D eigenvalue weighted by Crippen LogP contribution is 2.25. The van der Waals surface area contributed by atoms with Crippen molar-refractivity contribution >= 4 is 11.6 Å². The summed E-state index contributed by atoms with van der Waals surface area (Å²) in [6, 6.07) is 5.13. The van der Waals surface area contributed by atoms with E-state index in [9.17, 15) is 4.79 Å². The Hall–Kier alpha value is -1.55. The van der Waals surface area contributed by atoms with Gasteiger partial charge in [0.25, 0.3) is 0 Å². The summed E-state index contributed by atoms with van der Waals surface area (Å²) in [5, 5.41) is 2.76. The Morgan fingerprint density at radius 2 is 2.25 bits per heavy atom. The first-order valence-corrected chi connectivity index (χ1v) is 5.29. The SMILES string of the molecule is CC[C@@H](N)C(=O)Nc1cc(C)ccc1OC.